The number of ketones is 1. The zero-order valence-corrected chi connectivity index (χ0v) is 7.99. The second-order valence-corrected chi connectivity index (χ2v) is 2.80. The number of Topliss-reactive ketones (excluding diaryl/α,β-unsaturated/α-hetero) is 1. The molecule has 0 aromatic heterocycles. The van der Waals surface area contributed by atoms with Gasteiger partial charge in [-0.1, -0.05) is 6.08 Å². The number of rotatable bonds is 4. The van der Waals surface area contributed by atoms with Crippen molar-refractivity contribution in [3.05, 3.63) is 36.4 Å². The molecule has 1 rings (SSSR count). The normalized spacial score (nSPS) is 9.50. The van der Waals surface area contributed by atoms with Gasteiger partial charge in [-0.05, 0) is 18.2 Å². The molecule has 0 bridgehead atoms. The van der Waals surface area contributed by atoms with Gasteiger partial charge in [0.2, 0.25) is 0 Å². The molecule has 1 aromatic carbocycles. The lowest BCUT2D eigenvalue weighted by atomic mass is 10.1. The molecule has 0 aliphatic heterocycles. The van der Waals surface area contributed by atoms with Crippen molar-refractivity contribution in [3.8, 4) is 11.5 Å². The van der Waals surface area contributed by atoms with Crippen molar-refractivity contribution >= 4 is 5.78 Å². The lowest BCUT2D eigenvalue weighted by Gasteiger charge is -2.04. The van der Waals surface area contributed by atoms with Crippen LogP contribution in [0.3, 0.4) is 0 Å². The minimum Gasteiger partial charge on any atom is -0.504 e. The molecule has 74 valence electrons. The van der Waals surface area contributed by atoms with E-state index < -0.39 is 0 Å². The van der Waals surface area contributed by atoms with Gasteiger partial charge in [0.25, 0.3) is 0 Å². The molecule has 1 aromatic rings. The number of phenolic OH excluding ortho intramolecular Hbond substituents is 1. The van der Waals surface area contributed by atoms with Gasteiger partial charge in [-0.2, -0.15) is 0 Å². The maximum absolute atomic E-state index is 11.4. The van der Waals surface area contributed by atoms with Gasteiger partial charge in [0.15, 0.2) is 17.3 Å². The lowest BCUT2D eigenvalue weighted by molar-refractivity contribution is 0.0995. The van der Waals surface area contributed by atoms with E-state index in [9.17, 15) is 9.90 Å². The Morgan fingerprint density at radius 3 is 2.93 bits per heavy atom. The summed E-state index contributed by atoms with van der Waals surface area (Å²) in [6.07, 6.45) is 1.83. The maximum Gasteiger partial charge on any atom is 0.166 e. The number of ether oxygens (including phenoxy) is 1. The first-order chi connectivity index (χ1) is 6.69. The highest BCUT2D eigenvalue weighted by Gasteiger charge is 2.07. The third kappa shape index (κ3) is 2.13. The summed E-state index contributed by atoms with van der Waals surface area (Å²) in [6.45, 7) is 3.48. The van der Waals surface area contributed by atoms with Gasteiger partial charge in [-0.25, -0.2) is 0 Å². The molecule has 0 atom stereocenters. The molecule has 0 aliphatic carbocycles. The number of hydrogen-bond donors (Lipinski definition) is 1. The lowest BCUT2D eigenvalue weighted by Crippen LogP contribution is -1.97. The number of aromatic hydroxyl groups is 1. The van der Waals surface area contributed by atoms with E-state index in [4.69, 9.17) is 4.74 Å². The molecule has 0 aliphatic rings. The highest BCUT2D eigenvalue weighted by molar-refractivity contribution is 5.97. The Kier molecular flexibility index (Phi) is 3.29. The van der Waals surface area contributed by atoms with Crippen LogP contribution in [0.4, 0.5) is 0 Å². The first kappa shape index (κ1) is 10.3. The molecule has 0 saturated heterocycles. The molecule has 3 nitrogen and oxygen atoms in total. The average molecular weight is 192 g/mol. The summed E-state index contributed by atoms with van der Waals surface area (Å²) < 4.78 is 4.89. The van der Waals surface area contributed by atoms with Crippen LogP contribution in [0.25, 0.3) is 0 Å². The van der Waals surface area contributed by atoms with Crippen molar-refractivity contribution in [2.45, 2.75) is 6.42 Å². The van der Waals surface area contributed by atoms with Gasteiger partial charge in [-0.15, -0.1) is 6.58 Å². The monoisotopic (exact) mass is 192 g/mol. The molecular weight excluding hydrogens is 180 g/mol. The van der Waals surface area contributed by atoms with Gasteiger partial charge in [0.1, 0.15) is 0 Å². The summed E-state index contributed by atoms with van der Waals surface area (Å²) >= 11 is 0. The van der Waals surface area contributed by atoms with Gasteiger partial charge in [-0.3, -0.25) is 4.79 Å². The minimum absolute atomic E-state index is 0.0302. The smallest absolute Gasteiger partial charge is 0.166 e. The molecule has 0 amide bonds. The van der Waals surface area contributed by atoms with Crippen molar-refractivity contribution in [1.29, 1.82) is 0 Å². The predicted octanol–water partition coefficient (Wildman–Crippen LogP) is 2.16. The van der Waals surface area contributed by atoms with Crippen molar-refractivity contribution in [3.63, 3.8) is 0 Å². The third-order valence-electron chi connectivity index (χ3n) is 1.83. The van der Waals surface area contributed by atoms with Crippen LogP contribution in [-0.2, 0) is 0 Å². The average Bonchev–Trinajstić information content (AvgIpc) is 2.19. The summed E-state index contributed by atoms with van der Waals surface area (Å²) in [6, 6.07) is 4.51. The Labute approximate surface area is 82.6 Å². The maximum atomic E-state index is 11.4. The van der Waals surface area contributed by atoms with Crippen LogP contribution in [0.2, 0.25) is 0 Å². The molecule has 14 heavy (non-hydrogen) atoms. The highest BCUT2D eigenvalue weighted by atomic mass is 16.5. The number of methoxy groups -OCH3 is 1. The fourth-order valence-electron chi connectivity index (χ4n) is 1.10. The van der Waals surface area contributed by atoms with Gasteiger partial charge < -0.3 is 9.84 Å². The summed E-state index contributed by atoms with van der Waals surface area (Å²) in [5, 5.41) is 9.29. The molecule has 0 radical (unpaired) electrons. The summed E-state index contributed by atoms with van der Waals surface area (Å²) in [5.41, 5.74) is 0.513. The predicted molar refractivity (Wildman–Crippen MR) is 53.8 cm³/mol. The van der Waals surface area contributed by atoms with E-state index in [1.807, 2.05) is 0 Å². The second-order valence-electron chi connectivity index (χ2n) is 2.80. The Bertz CT molecular complexity index is 356. The van der Waals surface area contributed by atoms with Crippen LogP contribution in [0, 0.1) is 0 Å². The van der Waals surface area contributed by atoms with Gasteiger partial charge in [0.05, 0.1) is 7.11 Å². The molecule has 3 heteroatoms. The quantitative estimate of drug-likeness (QED) is 0.587. The zero-order valence-electron chi connectivity index (χ0n) is 7.99. The van der Waals surface area contributed by atoms with Crippen LogP contribution in [0.1, 0.15) is 16.8 Å². The molecule has 0 spiro atoms. The van der Waals surface area contributed by atoms with Crippen LogP contribution in [0.15, 0.2) is 30.9 Å². The molecule has 0 heterocycles. The van der Waals surface area contributed by atoms with E-state index in [0.29, 0.717) is 11.3 Å². The molecular formula is C11H12O3. The first-order valence-electron chi connectivity index (χ1n) is 4.20. The number of phenols is 1. The molecule has 1 N–H and O–H groups in total. The molecule has 0 fully saturated rings. The van der Waals surface area contributed by atoms with Gasteiger partial charge >= 0.3 is 0 Å². The van der Waals surface area contributed by atoms with Crippen molar-refractivity contribution in [2.24, 2.45) is 0 Å². The largest absolute Gasteiger partial charge is 0.504 e. The van der Waals surface area contributed by atoms with Crippen LogP contribution in [-0.4, -0.2) is 18.0 Å². The Hall–Kier alpha value is -1.77. The SMILES string of the molecule is C=CCC(=O)c1ccc(O)c(OC)c1. The molecule has 0 saturated carbocycles. The van der Waals surface area contributed by atoms with E-state index in [2.05, 4.69) is 6.58 Å². The second kappa shape index (κ2) is 4.46. The Morgan fingerprint density at radius 2 is 2.36 bits per heavy atom. The van der Waals surface area contributed by atoms with Crippen molar-refractivity contribution in [2.75, 3.05) is 7.11 Å². The van der Waals surface area contributed by atoms with Crippen molar-refractivity contribution in [1.82, 2.24) is 0 Å². The van der Waals surface area contributed by atoms with Crippen molar-refractivity contribution < 1.29 is 14.6 Å². The number of hydrogen-bond acceptors (Lipinski definition) is 3. The summed E-state index contributed by atoms with van der Waals surface area (Å²) in [5.74, 6) is 0.292. The molecule has 0 unspecified atom stereocenters. The highest BCUT2D eigenvalue weighted by Crippen LogP contribution is 2.26. The number of carbonyl (C=O) groups excluding carboxylic acids is 1. The van der Waals surface area contributed by atoms with Crippen LogP contribution < -0.4 is 4.74 Å². The van der Waals surface area contributed by atoms with Gasteiger partial charge in [0, 0.05) is 12.0 Å². The number of benzene rings is 1. The van der Waals surface area contributed by atoms with E-state index >= 15 is 0 Å². The fraction of sp³-hybridized carbons (Fsp3) is 0.182. The van der Waals surface area contributed by atoms with E-state index in [0.717, 1.165) is 0 Å². The zero-order chi connectivity index (χ0) is 10.6. The Balaban J connectivity index is 2.99. The standard InChI is InChI=1S/C11H12O3/c1-3-4-9(12)8-5-6-10(13)11(7-8)14-2/h3,5-7,13H,1,4H2,2H3. The van der Waals surface area contributed by atoms with E-state index in [1.165, 1.54) is 19.2 Å². The van der Waals surface area contributed by atoms with E-state index in [1.54, 1.807) is 12.1 Å². The number of carbonyl (C=O) groups is 1. The third-order valence-corrected chi connectivity index (χ3v) is 1.83. The van der Waals surface area contributed by atoms with Crippen LogP contribution >= 0.6 is 0 Å². The first-order valence-corrected chi connectivity index (χ1v) is 4.20. The minimum atomic E-state index is -0.0432. The topological polar surface area (TPSA) is 46.5 Å². The number of allylic oxidation sites excluding steroid dienone is 1. The summed E-state index contributed by atoms with van der Waals surface area (Å²) in [7, 11) is 1.44. The Morgan fingerprint density at radius 1 is 1.64 bits per heavy atom. The fourth-order valence-corrected chi connectivity index (χ4v) is 1.10. The van der Waals surface area contributed by atoms with Crippen LogP contribution in [0.5, 0.6) is 11.5 Å². The van der Waals surface area contributed by atoms with E-state index in [-0.39, 0.29) is 18.0 Å². The summed E-state index contributed by atoms with van der Waals surface area (Å²) in [4.78, 5) is 11.4.